The fourth-order valence-electron chi connectivity index (χ4n) is 3.21. The molecule has 1 heterocycles. The van der Waals surface area contributed by atoms with E-state index in [0.29, 0.717) is 19.4 Å². The number of carbonyl (C=O) groups excluding carboxylic acids is 1. The van der Waals surface area contributed by atoms with E-state index in [2.05, 4.69) is 22.8 Å². The zero-order valence-electron chi connectivity index (χ0n) is 14.6. The lowest BCUT2D eigenvalue weighted by molar-refractivity contribution is -0.146. The van der Waals surface area contributed by atoms with E-state index in [9.17, 15) is 4.79 Å². The zero-order valence-corrected chi connectivity index (χ0v) is 15.4. The van der Waals surface area contributed by atoms with Crippen molar-refractivity contribution in [3.05, 3.63) is 42.0 Å². The standard InChI is InChI=1S/C19H24N2O3.ClH/c1-23-17-6-5-15-11-14(3-4-16(15)12-17)13-21-18(22)19(24-2)7-9-20-10-8-19;/h3-6,11-12,20H,7-10,13H2,1-2H3,(H,21,22);1H. The van der Waals surface area contributed by atoms with Crippen LogP contribution in [0.5, 0.6) is 5.75 Å². The molecule has 0 radical (unpaired) electrons. The first-order chi connectivity index (χ1) is 11.7. The third-order valence-corrected chi connectivity index (χ3v) is 4.78. The number of amides is 1. The number of nitrogens with one attached hydrogen (secondary N) is 2. The highest BCUT2D eigenvalue weighted by Gasteiger charge is 2.39. The lowest BCUT2D eigenvalue weighted by Crippen LogP contribution is -2.53. The predicted octanol–water partition coefficient (Wildman–Crippen LogP) is 2.66. The van der Waals surface area contributed by atoms with E-state index in [1.165, 1.54) is 0 Å². The van der Waals surface area contributed by atoms with Crippen LogP contribution in [-0.2, 0) is 16.1 Å². The Labute approximate surface area is 154 Å². The summed E-state index contributed by atoms with van der Waals surface area (Å²) in [6.45, 7) is 2.11. The van der Waals surface area contributed by atoms with Gasteiger partial charge in [-0.1, -0.05) is 18.2 Å². The Kier molecular flexibility index (Phi) is 6.64. The Hall–Kier alpha value is -1.82. The van der Waals surface area contributed by atoms with Crippen molar-refractivity contribution in [1.29, 1.82) is 0 Å². The van der Waals surface area contributed by atoms with Crippen LogP contribution in [0, 0.1) is 0 Å². The summed E-state index contributed by atoms with van der Waals surface area (Å²) in [6.07, 6.45) is 1.40. The minimum Gasteiger partial charge on any atom is -0.497 e. The molecular formula is C19H25ClN2O3. The SMILES string of the molecule is COc1ccc2cc(CNC(=O)C3(OC)CCNCC3)ccc2c1.Cl. The van der Waals surface area contributed by atoms with Crippen LogP contribution in [0.25, 0.3) is 10.8 Å². The summed E-state index contributed by atoms with van der Waals surface area (Å²) in [5.74, 6) is 0.817. The second-order valence-corrected chi connectivity index (χ2v) is 6.18. The summed E-state index contributed by atoms with van der Waals surface area (Å²) in [4.78, 5) is 12.6. The predicted molar refractivity (Wildman–Crippen MR) is 101 cm³/mol. The number of ether oxygens (including phenoxy) is 2. The van der Waals surface area contributed by atoms with Crippen LogP contribution in [0.4, 0.5) is 0 Å². The zero-order chi connectivity index (χ0) is 17.0. The molecule has 0 bridgehead atoms. The number of carbonyl (C=O) groups is 1. The summed E-state index contributed by atoms with van der Waals surface area (Å²) in [5.41, 5.74) is 0.372. The maximum Gasteiger partial charge on any atom is 0.252 e. The number of methoxy groups -OCH3 is 2. The molecule has 0 aromatic heterocycles. The fraction of sp³-hybridized carbons (Fsp3) is 0.421. The van der Waals surface area contributed by atoms with Gasteiger partial charge in [0.15, 0.2) is 0 Å². The average molecular weight is 365 g/mol. The van der Waals surface area contributed by atoms with E-state index in [0.717, 1.165) is 35.2 Å². The van der Waals surface area contributed by atoms with Gasteiger partial charge in [-0.15, -0.1) is 12.4 Å². The van der Waals surface area contributed by atoms with E-state index < -0.39 is 5.60 Å². The molecule has 136 valence electrons. The van der Waals surface area contributed by atoms with Crippen molar-refractivity contribution in [3.63, 3.8) is 0 Å². The third-order valence-electron chi connectivity index (χ3n) is 4.78. The molecule has 25 heavy (non-hydrogen) atoms. The smallest absolute Gasteiger partial charge is 0.252 e. The van der Waals surface area contributed by atoms with Crippen molar-refractivity contribution in [1.82, 2.24) is 10.6 Å². The number of rotatable bonds is 5. The summed E-state index contributed by atoms with van der Waals surface area (Å²) in [6, 6.07) is 12.2. The van der Waals surface area contributed by atoms with Crippen molar-refractivity contribution < 1.29 is 14.3 Å². The lowest BCUT2D eigenvalue weighted by Gasteiger charge is -2.34. The van der Waals surface area contributed by atoms with Crippen LogP contribution in [0.3, 0.4) is 0 Å². The molecule has 0 atom stereocenters. The van der Waals surface area contributed by atoms with Crippen LogP contribution in [0.2, 0.25) is 0 Å². The lowest BCUT2D eigenvalue weighted by atomic mass is 9.91. The van der Waals surface area contributed by atoms with Gasteiger partial charge in [0, 0.05) is 13.7 Å². The molecule has 5 nitrogen and oxygen atoms in total. The first-order valence-corrected chi connectivity index (χ1v) is 8.28. The highest BCUT2D eigenvalue weighted by molar-refractivity contribution is 5.86. The van der Waals surface area contributed by atoms with Gasteiger partial charge in [-0.3, -0.25) is 4.79 Å². The summed E-state index contributed by atoms with van der Waals surface area (Å²) < 4.78 is 10.8. The van der Waals surface area contributed by atoms with Gasteiger partial charge in [0.1, 0.15) is 11.4 Å². The van der Waals surface area contributed by atoms with E-state index in [-0.39, 0.29) is 18.3 Å². The number of benzene rings is 2. The van der Waals surface area contributed by atoms with Crippen molar-refractivity contribution in [2.75, 3.05) is 27.3 Å². The molecule has 1 aliphatic rings. The highest BCUT2D eigenvalue weighted by Crippen LogP contribution is 2.24. The van der Waals surface area contributed by atoms with E-state index in [4.69, 9.17) is 9.47 Å². The molecule has 6 heteroatoms. The molecule has 3 rings (SSSR count). The molecule has 1 amide bonds. The number of hydrogen-bond acceptors (Lipinski definition) is 4. The largest absolute Gasteiger partial charge is 0.497 e. The molecule has 0 aliphatic carbocycles. The Bertz CT molecular complexity index is 730. The molecule has 0 unspecified atom stereocenters. The van der Waals surface area contributed by atoms with Gasteiger partial charge in [-0.05, 0) is 60.5 Å². The van der Waals surface area contributed by atoms with Crippen LogP contribution < -0.4 is 15.4 Å². The maximum absolute atomic E-state index is 12.6. The molecule has 2 N–H and O–H groups in total. The average Bonchev–Trinajstić information content (AvgIpc) is 2.65. The molecular weight excluding hydrogens is 340 g/mol. The molecule has 1 fully saturated rings. The Balaban J connectivity index is 0.00000225. The Morgan fingerprint density at radius 1 is 1.12 bits per heavy atom. The monoisotopic (exact) mass is 364 g/mol. The van der Waals surface area contributed by atoms with E-state index >= 15 is 0 Å². The first-order valence-electron chi connectivity index (χ1n) is 8.28. The topological polar surface area (TPSA) is 59.6 Å². The summed E-state index contributed by atoms with van der Waals surface area (Å²) in [7, 11) is 3.28. The quantitative estimate of drug-likeness (QED) is 0.856. The van der Waals surface area contributed by atoms with Crippen LogP contribution >= 0.6 is 12.4 Å². The molecule has 1 aliphatic heterocycles. The van der Waals surface area contributed by atoms with Crippen molar-refractivity contribution in [2.24, 2.45) is 0 Å². The molecule has 2 aromatic carbocycles. The molecule has 2 aromatic rings. The first kappa shape index (κ1) is 19.5. The minimum absolute atomic E-state index is 0. The molecule has 0 spiro atoms. The Morgan fingerprint density at radius 3 is 2.48 bits per heavy atom. The normalized spacial score (nSPS) is 16.1. The van der Waals surface area contributed by atoms with Gasteiger partial charge in [0.2, 0.25) is 0 Å². The van der Waals surface area contributed by atoms with Gasteiger partial charge in [-0.25, -0.2) is 0 Å². The second-order valence-electron chi connectivity index (χ2n) is 6.18. The molecule has 1 saturated heterocycles. The summed E-state index contributed by atoms with van der Waals surface area (Å²) >= 11 is 0. The van der Waals surface area contributed by atoms with E-state index in [1.54, 1.807) is 14.2 Å². The highest BCUT2D eigenvalue weighted by atomic mass is 35.5. The minimum atomic E-state index is -0.699. The van der Waals surface area contributed by atoms with E-state index in [1.807, 2.05) is 24.3 Å². The van der Waals surface area contributed by atoms with Crippen LogP contribution in [0.15, 0.2) is 36.4 Å². The second kappa shape index (κ2) is 8.52. The molecule has 0 saturated carbocycles. The van der Waals surface area contributed by atoms with Gasteiger partial charge in [-0.2, -0.15) is 0 Å². The maximum atomic E-state index is 12.6. The number of halogens is 1. The summed E-state index contributed by atoms with van der Waals surface area (Å²) in [5, 5.41) is 8.54. The van der Waals surface area contributed by atoms with Crippen molar-refractivity contribution >= 4 is 29.1 Å². The van der Waals surface area contributed by atoms with Crippen molar-refractivity contribution in [3.8, 4) is 5.75 Å². The van der Waals surface area contributed by atoms with Gasteiger partial charge in [0.05, 0.1) is 7.11 Å². The van der Waals surface area contributed by atoms with Crippen molar-refractivity contribution in [2.45, 2.75) is 25.0 Å². The number of fused-ring (bicyclic) bond motifs is 1. The Morgan fingerprint density at radius 2 is 1.80 bits per heavy atom. The van der Waals surface area contributed by atoms with Crippen LogP contribution in [-0.4, -0.2) is 38.8 Å². The number of hydrogen-bond donors (Lipinski definition) is 2. The fourth-order valence-corrected chi connectivity index (χ4v) is 3.21. The van der Waals surface area contributed by atoms with Gasteiger partial charge in [0.25, 0.3) is 5.91 Å². The van der Waals surface area contributed by atoms with Crippen LogP contribution in [0.1, 0.15) is 18.4 Å². The third kappa shape index (κ3) is 4.24. The van der Waals surface area contributed by atoms with Gasteiger partial charge < -0.3 is 20.1 Å². The number of piperidine rings is 1. The van der Waals surface area contributed by atoms with Gasteiger partial charge >= 0.3 is 0 Å².